The molecule has 3 aromatic carbocycles. The van der Waals surface area contributed by atoms with Gasteiger partial charge in [-0.25, -0.2) is 0 Å². The number of phenols is 1. The molecule has 0 saturated heterocycles. The van der Waals surface area contributed by atoms with Crippen molar-refractivity contribution < 1.29 is 14.6 Å². The Bertz CT molecular complexity index is 909. The Morgan fingerprint density at radius 3 is 2.54 bits per heavy atom. The number of hydrogen-bond acceptors (Lipinski definition) is 4. The van der Waals surface area contributed by atoms with E-state index in [0.29, 0.717) is 19.6 Å². The SMILES string of the molecule is N[C@@H](Cc1ccc(O)cc1)C(=O)NCCCCOc1ccc2ccccc2c1. The molecule has 0 bridgehead atoms. The number of hydrogen-bond donors (Lipinski definition) is 3. The predicted octanol–water partition coefficient (Wildman–Crippen LogP) is 3.39. The maximum atomic E-state index is 12.1. The summed E-state index contributed by atoms with van der Waals surface area (Å²) in [7, 11) is 0. The van der Waals surface area contributed by atoms with Gasteiger partial charge in [0.1, 0.15) is 11.5 Å². The molecule has 0 heterocycles. The van der Waals surface area contributed by atoms with Crippen LogP contribution in [0.1, 0.15) is 18.4 Å². The first-order chi connectivity index (χ1) is 13.6. The molecule has 0 saturated carbocycles. The molecule has 0 radical (unpaired) electrons. The van der Waals surface area contributed by atoms with Gasteiger partial charge in [-0.15, -0.1) is 0 Å². The molecule has 1 atom stereocenters. The minimum Gasteiger partial charge on any atom is -0.508 e. The molecule has 1 amide bonds. The largest absolute Gasteiger partial charge is 0.508 e. The molecule has 0 spiro atoms. The molecule has 146 valence electrons. The van der Waals surface area contributed by atoms with E-state index in [1.54, 1.807) is 24.3 Å². The molecule has 0 aliphatic heterocycles. The summed E-state index contributed by atoms with van der Waals surface area (Å²) < 4.78 is 5.80. The lowest BCUT2D eigenvalue weighted by Crippen LogP contribution is -2.42. The Labute approximate surface area is 165 Å². The number of nitrogens with two attached hydrogens (primary N) is 1. The van der Waals surface area contributed by atoms with Crippen molar-refractivity contribution in [3.05, 3.63) is 72.3 Å². The van der Waals surface area contributed by atoms with Crippen molar-refractivity contribution in [1.29, 1.82) is 0 Å². The molecule has 4 N–H and O–H groups in total. The minimum atomic E-state index is -0.599. The van der Waals surface area contributed by atoms with E-state index >= 15 is 0 Å². The van der Waals surface area contributed by atoms with Crippen LogP contribution in [0.5, 0.6) is 11.5 Å². The second-order valence-electron chi connectivity index (χ2n) is 6.83. The van der Waals surface area contributed by atoms with Gasteiger partial charge in [0.05, 0.1) is 12.6 Å². The Morgan fingerprint density at radius 1 is 1.00 bits per heavy atom. The first kappa shape index (κ1) is 19.7. The van der Waals surface area contributed by atoms with E-state index in [0.717, 1.165) is 29.5 Å². The Hall–Kier alpha value is -3.05. The van der Waals surface area contributed by atoms with E-state index in [4.69, 9.17) is 10.5 Å². The van der Waals surface area contributed by atoms with Crippen LogP contribution in [0.2, 0.25) is 0 Å². The van der Waals surface area contributed by atoms with E-state index in [1.165, 1.54) is 5.39 Å². The van der Waals surface area contributed by atoms with Crippen LogP contribution in [0, 0.1) is 0 Å². The number of unbranched alkanes of at least 4 members (excludes halogenated alkanes) is 1. The van der Waals surface area contributed by atoms with Crippen molar-refractivity contribution in [3.63, 3.8) is 0 Å². The zero-order valence-corrected chi connectivity index (χ0v) is 15.8. The van der Waals surface area contributed by atoms with Gasteiger partial charge in [0.25, 0.3) is 0 Å². The highest BCUT2D eigenvalue weighted by atomic mass is 16.5. The van der Waals surface area contributed by atoms with Crippen LogP contribution < -0.4 is 15.8 Å². The van der Waals surface area contributed by atoms with Crippen LogP contribution >= 0.6 is 0 Å². The van der Waals surface area contributed by atoms with Crippen LogP contribution in [0.4, 0.5) is 0 Å². The monoisotopic (exact) mass is 378 g/mol. The maximum absolute atomic E-state index is 12.1. The van der Waals surface area contributed by atoms with Gasteiger partial charge in [-0.05, 0) is 59.9 Å². The van der Waals surface area contributed by atoms with Gasteiger partial charge in [0.2, 0.25) is 5.91 Å². The zero-order chi connectivity index (χ0) is 19.8. The van der Waals surface area contributed by atoms with Crippen LogP contribution in [-0.4, -0.2) is 30.2 Å². The molecule has 3 rings (SSSR count). The van der Waals surface area contributed by atoms with Crippen LogP contribution in [0.3, 0.4) is 0 Å². The smallest absolute Gasteiger partial charge is 0.237 e. The molecule has 0 aliphatic carbocycles. The quantitative estimate of drug-likeness (QED) is 0.498. The van der Waals surface area contributed by atoms with Gasteiger partial charge in [-0.3, -0.25) is 4.79 Å². The van der Waals surface area contributed by atoms with Crippen molar-refractivity contribution in [2.24, 2.45) is 5.73 Å². The molecule has 0 fully saturated rings. The third kappa shape index (κ3) is 5.72. The van der Waals surface area contributed by atoms with Gasteiger partial charge in [0.15, 0.2) is 0 Å². The van der Waals surface area contributed by atoms with E-state index < -0.39 is 6.04 Å². The second-order valence-corrected chi connectivity index (χ2v) is 6.83. The Balaban J connectivity index is 1.32. The molecule has 0 aromatic heterocycles. The standard InChI is InChI=1S/C23H26N2O3/c24-22(15-17-7-10-20(26)11-8-17)23(27)25-13-3-4-14-28-21-12-9-18-5-1-2-6-19(18)16-21/h1-2,5-12,16,22,26H,3-4,13-15,24H2,(H,25,27)/t22-/m0/s1. The van der Waals surface area contributed by atoms with E-state index in [2.05, 4.69) is 23.5 Å². The fourth-order valence-corrected chi connectivity index (χ4v) is 3.00. The highest BCUT2D eigenvalue weighted by Gasteiger charge is 2.13. The lowest BCUT2D eigenvalue weighted by molar-refractivity contribution is -0.122. The molecular weight excluding hydrogens is 352 g/mol. The lowest BCUT2D eigenvalue weighted by atomic mass is 10.1. The Kier molecular flexibility index (Phi) is 6.87. The summed E-state index contributed by atoms with van der Waals surface area (Å²) in [4.78, 5) is 12.1. The Morgan fingerprint density at radius 2 is 1.75 bits per heavy atom. The fourth-order valence-electron chi connectivity index (χ4n) is 3.00. The molecule has 0 aliphatic rings. The summed E-state index contributed by atoms with van der Waals surface area (Å²) in [6.45, 7) is 1.18. The molecule has 0 unspecified atom stereocenters. The van der Waals surface area contributed by atoms with Crippen molar-refractivity contribution in [1.82, 2.24) is 5.32 Å². The molecule has 5 heteroatoms. The highest BCUT2D eigenvalue weighted by molar-refractivity contribution is 5.83. The number of benzene rings is 3. The number of amides is 1. The fraction of sp³-hybridized carbons (Fsp3) is 0.261. The minimum absolute atomic E-state index is 0.163. The number of aromatic hydroxyl groups is 1. The number of phenolic OH excluding ortho intramolecular Hbond substituents is 1. The summed E-state index contributed by atoms with van der Waals surface area (Å²) in [6.07, 6.45) is 2.11. The average molecular weight is 378 g/mol. The van der Waals surface area contributed by atoms with E-state index in [9.17, 15) is 9.90 Å². The summed E-state index contributed by atoms with van der Waals surface area (Å²) in [5, 5.41) is 14.5. The van der Waals surface area contributed by atoms with Crippen molar-refractivity contribution >= 4 is 16.7 Å². The van der Waals surface area contributed by atoms with Crippen molar-refractivity contribution in [2.75, 3.05) is 13.2 Å². The first-order valence-electron chi connectivity index (χ1n) is 9.54. The molecule has 28 heavy (non-hydrogen) atoms. The number of ether oxygens (including phenoxy) is 1. The average Bonchev–Trinajstić information content (AvgIpc) is 2.72. The number of carbonyl (C=O) groups excluding carboxylic acids is 1. The predicted molar refractivity (Wildman–Crippen MR) is 111 cm³/mol. The summed E-state index contributed by atoms with van der Waals surface area (Å²) in [5.41, 5.74) is 6.87. The summed E-state index contributed by atoms with van der Waals surface area (Å²) >= 11 is 0. The van der Waals surface area contributed by atoms with Crippen LogP contribution in [0.25, 0.3) is 10.8 Å². The summed E-state index contributed by atoms with van der Waals surface area (Å²) in [6, 6.07) is 20.4. The number of fused-ring (bicyclic) bond motifs is 1. The van der Waals surface area contributed by atoms with E-state index in [-0.39, 0.29) is 11.7 Å². The third-order valence-corrected chi connectivity index (χ3v) is 4.59. The number of rotatable bonds is 9. The van der Waals surface area contributed by atoms with Gasteiger partial charge >= 0.3 is 0 Å². The molecule has 5 nitrogen and oxygen atoms in total. The van der Waals surface area contributed by atoms with Gasteiger partial charge in [-0.2, -0.15) is 0 Å². The lowest BCUT2D eigenvalue weighted by Gasteiger charge is -2.12. The molecular formula is C23H26N2O3. The van der Waals surface area contributed by atoms with Crippen LogP contribution in [0.15, 0.2) is 66.7 Å². The zero-order valence-electron chi connectivity index (χ0n) is 15.8. The van der Waals surface area contributed by atoms with Crippen molar-refractivity contribution in [2.45, 2.75) is 25.3 Å². The third-order valence-electron chi connectivity index (χ3n) is 4.59. The second kappa shape index (κ2) is 9.76. The van der Waals surface area contributed by atoms with Gasteiger partial charge in [-0.1, -0.05) is 42.5 Å². The number of nitrogens with one attached hydrogen (secondary N) is 1. The normalized spacial score (nSPS) is 11.9. The maximum Gasteiger partial charge on any atom is 0.237 e. The topological polar surface area (TPSA) is 84.6 Å². The highest BCUT2D eigenvalue weighted by Crippen LogP contribution is 2.20. The van der Waals surface area contributed by atoms with Crippen LogP contribution in [-0.2, 0) is 11.2 Å². The van der Waals surface area contributed by atoms with Gasteiger partial charge in [0, 0.05) is 6.54 Å². The molecule has 3 aromatic rings. The summed E-state index contributed by atoms with van der Waals surface area (Å²) in [5.74, 6) is 0.898. The number of carbonyl (C=O) groups is 1. The van der Waals surface area contributed by atoms with E-state index in [1.807, 2.05) is 24.3 Å². The first-order valence-corrected chi connectivity index (χ1v) is 9.54. The van der Waals surface area contributed by atoms with Gasteiger partial charge < -0.3 is 20.9 Å². The van der Waals surface area contributed by atoms with Crippen molar-refractivity contribution in [3.8, 4) is 11.5 Å².